The number of carbonyl (C=O) groups excluding carboxylic acids is 3. The third-order valence-corrected chi connectivity index (χ3v) is 7.30. The van der Waals surface area contributed by atoms with Gasteiger partial charge in [0, 0.05) is 32.5 Å². The molecular formula is C35H66O9. The highest BCUT2D eigenvalue weighted by Crippen LogP contribution is 2.13. The molecule has 9 heteroatoms. The molecule has 1 unspecified atom stereocenters. The fourth-order valence-corrected chi connectivity index (χ4v) is 4.50. The van der Waals surface area contributed by atoms with Gasteiger partial charge in [0.1, 0.15) is 0 Å². The van der Waals surface area contributed by atoms with E-state index in [0.717, 1.165) is 32.1 Å². The molecule has 0 amide bonds. The average Bonchev–Trinajstić information content (AvgIpc) is 3.01. The van der Waals surface area contributed by atoms with Gasteiger partial charge in [-0.25, -0.2) is 0 Å². The Balaban J connectivity index is 4.56. The van der Waals surface area contributed by atoms with E-state index in [-0.39, 0.29) is 56.0 Å². The van der Waals surface area contributed by atoms with Crippen molar-refractivity contribution in [3.05, 3.63) is 0 Å². The third kappa shape index (κ3) is 29.0. The minimum Gasteiger partial charge on any atom is -0.469 e. The molecule has 9 nitrogen and oxygen atoms in total. The number of unbranched alkanes of at least 4 members (excludes halogenated alkanes) is 12. The first-order valence-corrected chi connectivity index (χ1v) is 17.5. The van der Waals surface area contributed by atoms with Crippen LogP contribution in [0.4, 0.5) is 0 Å². The Morgan fingerprint density at radius 1 is 0.523 bits per heavy atom. The molecule has 0 fully saturated rings. The normalized spacial score (nSPS) is 12.1. The van der Waals surface area contributed by atoms with Crippen LogP contribution in [0.2, 0.25) is 0 Å². The molecule has 0 heterocycles. The molecule has 1 atom stereocenters. The first kappa shape index (κ1) is 42.3. The summed E-state index contributed by atoms with van der Waals surface area (Å²) in [6.07, 6.45) is 17.2. The largest absolute Gasteiger partial charge is 0.469 e. The molecule has 0 aromatic heterocycles. The number of esters is 3. The minimum absolute atomic E-state index is 0.00654. The van der Waals surface area contributed by atoms with Gasteiger partial charge in [0.15, 0.2) is 6.29 Å². The van der Waals surface area contributed by atoms with Gasteiger partial charge in [0.05, 0.1) is 45.4 Å². The van der Waals surface area contributed by atoms with Crippen molar-refractivity contribution >= 4 is 17.9 Å². The van der Waals surface area contributed by atoms with E-state index in [1.807, 2.05) is 13.8 Å². The molecule has 0 radical (unpaired) electrons. The minimum atomic E-state index is -0.414. The van der Waals surface area contributed by atoms with E-state index in [0.29, 0.717) is 45.5 Å². The highest BCUT2D eigenvalue weighted by molar-refractivity contribution is 5.70. The molecule has 0 aliphatic heterocycles. The summed E-state index contributed by atoms with van der Waals surface area (Å²) in [5.41, 5.74) is 0. The van der Waals surface area contributed by atoms with Crippen LogP contribution in [0, 0.1) is 5.92 Å². The Kier molecular flexibility index (Phi) is 30.1. The van der Waals surface area contributed by atoms with Gasteiger partial charge in [-0.05, 0) is 39.5 Å². The lowest BCUT2D eigenvalue weighted by Gasteiger charge is -2.20. The van der Waals surface area contributed by atoms with E-state index < -0.39 is 6.29 Å². The summed E-state index contributed by atoms with van der Waals surface area (Å²) < 4.78 is 33.4. The lowest BCUT2D eigenvalue weighted by atomic mass is 10.1. The monoisotopic (exact) mass is 630 g/mol. The van der Waals surface area contributed by atoms with Crippen molar-refractivity contribution in [1.29, 1.82) is 0 Å². The second-order valence-corrected chi connectivity index (χ2v) is 12.0. The van der Waals surface area contributed by atoms with E-state index in [1.165, 1.54) is 58.5 Å². The quantitative estimate of drug-likeness (QED) is 0.0315. The van der Waals surface area contributed by atoms with Crippen molar-refractivity contribution in [2.45, 2.75) is 162 Å². The van der Waals surface area contributed by atoms with Crippen LogP contribution in [0.5, 0.6) is 0 Å². The molecule has 0 bridgehead atoms. The fourth-order valence-electron chi connectivity index (χ4n) is 4.50. The Morgan fingerprint density at radius 2 is 0.977 bits per heavy atom. The number of carbonyl (C=O) groups is 3. The van der Waals surface area contributed by atoms with E-state index >= 15 is 0 Å². The highest BCUT2D eigenvalue weighted by atomic mass is 16.7. The topological polar surface area (TPSA) is 107 Å². The van der Waals surface area contributed by atoms with Gasteiger partial charge < -0.3 is 28.4 Å². The Morgan fingerprint density at radius 3 is 1.48 bits per heavy atom. The molecule has 0 aromatic rings. The number of hydrogen-bond donors (Lipinski definition) is 0. The Labute approximate surface area is 268 Å². The standard InChI is InChI=1S/C35H66O9/c1-6-8-10-12-14-19-25-40-35(41-26-20-15-13-11-9-7-2)24-23-34(38)44-29-31(27-42-30(3)4)28-43-33(37)22-18-16-17-21-32(36)39-5/h30-31,35H,6-29H2,1-5H3. The maximum atomic E-state index is 12.6. The number of hydrogen-bond acceptors (Lipinski definition) is 9. The Hall–Kier alpha value is -1.71. The van der Waals surface area contributed by atoms with E-state index in [4.69, 9.17) is 23.7 Å². The lowest BCUT2D eigenvalue weighted by molar-refractivity contribution is -0.161. The van der Waals surface area contributed by atoms with Crippen molar-refractivity contribution < 1.29 is 42.8 Å². The van der Waals surface area contributed by atoms with Crippen LogP contribution in [0.3, 0.4) is 0 Å². The lowest BCUT2D eigenvalue weighted by Crippen LogP contribution is -2.27. The SMILES string of the molecule is CCCCCCCCOC(CCC(=O)OCC(COC(=O)CCCCCC(=O)OC)COC(C)C)OCCCCCCCC. The summed E-state index contributed by atoms with van der Waals surface area (Å²) in [6, 6.07) is 0. The molecule has 0 rings (SSSR count). The molecule has 0 spiro atoms. The first-order valence-electron chi connectivity index (χ1n) is 17.5. The van der Waals surface area contributed by atoms with Gasteiger partial charge in [-0.3, -0.25) is 14.4 Å². The first-order chi connectivity index (χ1) is 21.3. The predicted molar refractivity (Wildman–Crippen MR) is 173 cm³/mol. The van der Waals surface area contributed by atoms with E-state index in [2.05, 4.69) is 18.6 Å². The molecule has 260 valence electrons. The van der Waals surface area contributed by atoms with E-state index in [9.17, 15) is 14.4 Å². The second-order valence-electron chi connectivity index (χ2n) is 12.0. The van der Waals surface area contributed by atoms with Crippen LogP contribution in [0.25, 0.3) is 0 Å². The fraction of sp³-hybridized carbons (Fsp3) is 0.914. The molecule has 0 aliphatic carbocycles. The summed E-state index contributed by atoms with van der Waals surface area (Å²) in [5.74, 6) is -1.13. The summed E-state index contributed by atoms with van der Waals surface area (Å²) in [6.45, 7) is 10.1. The van der Waals surface area contributed by atoms with E-state index in [1.54, 1.807) is 0 Å². The van der Waals surface area contributed by atoms with Crippen LogP contribution >= 0.6 is 0 Å². The van der Waals surface area contributed by atoms with Crippen LogP contribution in [-0.4, -0.2) is 70.4 Å². The zero-order valence-corrected chi connectivity index (χ0v) is 28.9. The molecule has 0 saturated heterocycles. The van der Waals surface area contributed by atoms with Gasteiger partial charge in [0.25, 0.3) is 0 Å². The number of rotatable bonds is 32. The maximum Gasteiger partial charge on any atom is 0.305 e. The Bertz CT molecular complexity index is 665. The van der Waals surface area contributed by atoms with Crippen molar-refractivity contribution in [3.63, 3.8) is 0 Å². The number of methoxy groups -OCH3 is 1. The van der Waals surface area contributed by atoms with Crippen molar-refractivity contribution in [2.75, 3.05) is 40.1 Å². The molecule has 0 aromatic carbocycles. The van der Waals surface area contributed by atoms with Crippen LogP contribution in [0.15, 0.2) is 0 Å². The molecule has 0 aliphatic rings. The molecule has 0 N–H and O–H groups in total. The summed E-state index contributed by atoms with van der Waals surface area (Å²) in [4.78, 5) is 36.0. The van der Waals surface area contributed by atoms with Crippen molar-refractivity contribution in [2.24, 2.45) is 5.92 Å². The van der Waals surface area contributed by atoms with Crippen LogP contribution in [-0.2, 0) is 42.8 Å². The highest BCUT2D eigenvalue weighted by Gasteiger charge is 2.18. The molecule has 44 heavy (non-hydrogen) atoms. The average molecular weight is 631 g/mol. The molecule has 0 saturated carbocycles. The van der Waals surface area contributed by atoms with Gasteiger partial charge in [-0.15, -0.1) is 0 Å². The molecular weight excluding hydrogens is 564 g/mol. The smallest absolute Gasteiger partial charge is 0.305 e. The second kappa shape index (κ2) is 31.3. The van der Waals surface area contributed by atoms with Gasteiger partial charge in [0.2, 0.25) is 0 Å². The summed E-state index contributed by atoms with van der Waals surface area (Å²) in [7, 11) is 1.37. The zero-order valence-electron chi connectivity index (χ0n) is 28.9. The third-order valence-electron chi connectivity index (χ3n) is 7.30. The summed E-state index contributed by atoms with van der Waals surface area (Å²) >= 11 is 0. The van der Waals surface area contributed by atoms with Crippen molar-refractivity contribution in [3.8, 4) is 0 Å². The van der Waals surface area contributed by atoms with Crippen molar-refractivity contribution in [1.82, 2.24) is 0 Å². The van der Waals surface area contributed by atoms with Crippen LogP contribution in [0.1, 0.15) is 150 Å². The van der Waals surface area contributed by atoms with Gasteiger partial charge >= 0.3 is 17.9 Å². The van der Waals surface area contributed by atoms with Gasteiger partial charge in [-0.2, -0.15) is 0 Å². The van der Waals surface area contributed by atoms with Crippen LogP contribution < -0.4 is 0 Å². The predicted octanol–water partition coefficient (Wildman–Crippen LogP) is 8.10. The van der Waals surface area contributed by atoms with Gasteiger partial charge in [-0.1, -0.05) is 84.5 Å². The summed E-state index contributed by atoms with van der Waals surface area (Å²) in [5, 5.41) is 0. The maximum absolute atomic E-state index is 12.6. The zero-order chi connectivity index (χ0) is 32.7. The number of ether oxygens (including phenoxy) is 6.